The van der Waals surface area contributed by atoms with Gasteiger partial charge in [0.05, 0.1) is 0 Å². The third kappa shape index (κ3) is 4.10. The Morgan fingerprint density at radius 2 is 1.76 bits per heavy atom. The van der Waals surface area contributed by atoms with Crippen molar-refractivity contribution in [2.45, 2.75) is 64.7 Å². The van der Waals surface area contributed by atoms with Crippen LogP contribution in [0.1, 0.15) is 69.4 Å². The van der Waals surface area contributed by atoms with Crippen LogP contribution in [0.25, 0.3) is 0 Å². The van der Waals surface area contributed by atoms with Gasteiger partial charge in [0.25, 0.3) is 0 Å². The average Bonchev–Trinajstić information content (AvgIpc) is 2.48. The Morgan fingerprint density at radius 3 is 2.48 bits per heavy atom. The number of nitrogens with one attached hydrogen (secondary N) is 1. The van der Waals surface area contributed by atoms with Crippen LogP contribution in [-0.4, -0.2) is 13.1 Å². The minimum atomic E-state index is 0.573. The third-order valence-corrected chi connectivity index (χ3v) is 5.74. The molecular formula is C20H31N. The van der Waals surface area contributed by atoms with Gasteiger partial charge in [-0.25, -0.2) is 0 Å². The van der Waals surface area contributed by atoms with E-state index in [4.69, 9.17) is 0 Å². The zero-order valence-corrected chi connectivity index (χ0v) is 13.8. The van der Waals surface area contributed by atoms with Crippen molar-refractivity contribution in [2.75, 3.05) is 13.1 Å². The molecule has 1 N–H and O–H groups in total. The quantitative estimate of drug-likeness (QED) is 0.832. The molecule has 2 fully saturated rings. The standard InChI is InChI=1S/C20H31N/c1-20(2)10-6-18(7-11-20)19-5-3-4-17(15-19)14-16-8-12-21-13-9-16/h3-5,15-16,18,21H,6-14H2,1-2H3. The molecule has 1 heteroatoms. The molecule has 1 saturated heterocycles. The number of hydrogen-bond donors (Lipinski definition) is 1. The SMILES string of the molecule is CC1(C)CCC(c2cccc(CC3CCNCC3)c2)CC1. The van der Waals surface area contributed by atoms with Crippen molar-refractivity contribution >= 4 is 0 Å². The maximum absolute atomic E-state index is 3.47. The second-order valence-corrected chi connectivity index (χ2v) is 8.08. The third-order valence-electron chi connectivity index (χ3n) is 5.74. The number of benzene rings is 1. The summed E-state index contributed by atoms with van der Waals surface area (Å²) in [5, 5.41) is 3.47. The van der Waals surface area contributed by atoms with Crippen molar-refractivity contribution in [3.8, 4) is 0 Å². The molecule has 2 aliphatic rings. The molecule has 1 aromatic carbocycles. The first-order chi connectivity index (χ1) is 10.1. The molecule has 1 aromatic rings. The lowest BCUT2D eigenvalue weighted by molar-refractivity contribution is 0.224. The molecule has 0 unspecified atom stereocenters. The van der Waals surface area contributed by atoms with Gasteiger partial charge in [-0.2, -0.15) is 0 Å². The van der Waals surface area contributed by atoms with Crippen LogP contribution in [0, 0.1) is 11.3 Å². The fourth-order valence-corrected chi connectivity index (χ4v) is 4.13. The molecule has 21 heavy (non-hydrogen) atoms. The van der Waals surface area contributed by atoms with Gasteiger partial charge in [0, 0.05) is 0 Å². The van der Waals surface area contributed by atoms with E-state index in [0.29, 0.717) is 5.41 Å². The fourth-order valence-electron chi connectivity index (χ4n) is 4.13. The van der Waals surface area contributed by atoms with Gasteiger partial charge in [-0.15, -0.1) is 0 Å². The van der Waals surface area contributed by atoms with Gasteiger partial charge in [0.2, 0.25) is 0 Å². The molecule has 1 saturated carbocycles. The van der Waals surface area contributed by atoms with Crippen molar-refractivity contribution in [3.05, 3.63) is 35.4 Å². The molecule has 0 amide bonds. The first-order valence-corrected chi connectivity index (χ1v) is 8.92. The monoisotopic (exact) mass is 285 g/mol. The second kappa shape index (κ2) is 6.52. The van der Waals surface area contributed by atoms with Crippen LogP contribution in [0.3, 0.4) is 0 Å². The first kappa shape index (κ1) is 15.1. The number of hydrogen-bond acceptors (Lipinski definition) is 1. The van der Waals surface area contributed by atoms with E-state index in [1.54, 1.807) is 11.1 Å². The van der Waals surface area contributed by atoms with Gasteiger partial charge < -0.3 is 5.32 Å². The highest BCUT2D eigenvalue weighted by Gasteiger charge is 2.27. The highest BCUT2D eigenvalue weighted by Crippen LogP contribution is 2.42. The Morgan fingerprint density at radius 1 is 1.05 bits per heavy atom. The minimum Gasteiger partial charge on any atom is -0.317 e. The lowest BCUT2D eigenvalue weighted by Gasteiger charge is -2.34. The van der Waals surface area contributed by atoms with Crippen LogP contribution < -0.4 is 5.32 Å². The van der Waals surface area contributed by atoms with E-state index in [9.17, 15) is 0 Å². The molecule has 116 valence electrons. The molecule has 1 aliphatic carbocycles. The van der Waals surface area contributed by atoms with E-state index in [1.807, 2.05) is 0 Å². The van der Waals surface area contributed by atoms with E-state index in [0.717, 1.165) is 11.8 Å². The minimum absolute atomic E-state index is 0.573. The van der Waals surface area contributed by atoms with Crippen molar-refractivity contribution in [1.29, 1.82) is 0 Å². The predicted octanol–water partition coefficient (Wildman–Crippen LogP) is 4.91. The van der Waals surface area contributed by atoms with Crippen molar-refractivity contribution in [3.63, 3.8) is 0 Å². The van der Waals surface area contributed by atoms with Gasteiger partial charge in [-0.3, -0.25) is 0 Å². The Bertz CT molecular complexity index is 447. The number of piperidine rings is 1. The van der Waals surface area contributed by atoms with Crippen LogP contribution in [0.2, 0.25) is 0 Å². The van der Waals surface area contributed by atoms with Crippen LogP contribution >= 0.6 is 0 Å². The molecule has 1 aliphatic heterocycles. The summed E-state index contributed by atoms with van der Waals surface area (Å²) in [5.41, 5.74) is 3.75. The Kier molecular flexibility index (Phi) is 4.69. The lowest BCUT2D eigenvalue weighted by Crippen LogP contribution is -2.28. The summed E-state index contributed by atoms with van der Waals surface area (Å²) in [6.45, 7) is 7.28. The maximum atomic E-state index is 3.47. The summed E-state index contributed by atoms with van der Waals surface area (Å²) in [4.78, 5) is 0. The molecule has 3 rings (SSSR count). The van der Waals surface area contributed by atoms with Crippen LogP contribution in [-0.2, 0) is 6.42 Å². The molecule has 0 radical (unpaired) electrons. The summed E-state index contributed by atoms with van der Waals surface area (Å²) in [7, 11) is 0. The van der Waals surface area contributed by atoms with Crippen LogP contribution in [0.4, 0.5) is 0 Å². The lowest BCUT2D eigenvalue weighted by atomic mass is 9.71. The van der Waals surface area contributed by atoms with Crippen LogP contribution in [0.5, 0.6) is 0 Å². The van der Waals surface area contributed by atoms with E-state index in [-0.39, 0.29) is 0 Å². The predicted molar refractivity (Wildman–Crippen MR) is 90.7 cm³/mol. The molecule has 0 aromatic heterocycles. The van der Waals surface area contributed by atoms with E-state index >= 15 is 0 Å². The van der Waals surface area contributed by atoms with Crippen molar-refractivity contribution in [1.82, 2.24) is 5.32 Å². The van der Waals surface area contributed by atoms with Crippen LogP contribution in [0.15, 0.2) is 24.3 Å². The molecule has 1 heterocycles. The van der Waals surface area contributed by atoms with Gasteiger partial charge >= 0.3 is 0 Å². The molecule has 0 spiro atoms. The van der Waals surface area contributed by atoms with Crippen molar-refractivity contribution in [2.24, 2.45) is 11.3 Å². The largest absolute Gasteiger partial charge is 0.317 e. The molecule has 0 bridgehead atoms. The molecular weight excluding hydrogens is 254 g/mol. The zero-order chi connectivity index (χ0) is 14.7. The summed E-state index contributed by atoms with van der Waals surface area (Å²) < 4.78 is 0. The summed E-state index contributed by atoms with van der Waals surface area (Å²) >= 11 is 0. The van der Waals surface area contributed by atoms with E-state index < -0.39 is 0 Å². The molecule has 0 atom stereocenters. The fraction of sp³-hybridized carbons (Fsp3) is 0.700. The Balaban J connectivity index is 1.63. The zero-order valence-electron chi connectivity index (χ0n) is 13.8. The Labute approximate surface area is 130 Å². The molecule has 1 nitrogen and oxygen atoms in total. The van der Waals surface area contributed by atoms with Gasteiger partial charge in [-0.05, 0) is 86.4 Å². The second-order valence-electron chi connectivity index (χ2n) is 8.08. The maximum Gasteiger partial charge on any atom is -0.00462 e. The number of rotatable bonds is 3. The highest BCUT2D eigenvalue weighted by atomic mass is 14.9. The highest BCUT2D eigenvalue weighted by molar-refractivity contribution is 5.27. The van der Waals surface area contributed by atoms with Gasteiger partial charge in [-0.1, -0.05) is 38.1 Å². The average molecular weight is 285 g/mol. The van der Waals surface area contributed by atoms with Crippen molar-refractivity contribution < 1.29 is 0 Å². The van der Waals surface area contributed by atoms with E-state index in [1.165, 1.54) is 58.0 Å². The summed E-state index contributed by atoms with van der Waals surface area (Å²) in [5.74, 6) is 1.71. The summed E-state index contributed by atoms with van der Waals surface area (Å²) in [6, 6.07) is 9.53. The topological polar surface area (TPSA) is 12.0 Å². The van der Waals surface area contributed by atoms with Gasteiger partial charge in [0.1, 0.15) is 0 Å². The van der Waals surface area contributed by atoms with E-state index in [2.05, 4.69) is 43.4 Å². The smallest absolute Gasteiger partial charge is 0.00462 e. The summed E-state index contributed by atoms with van der Waals surface area (Å²) in [6.07, 6.45) is 9.51. The normalized spacial score (nSPS) is 24.1. The van der Waals surface area contributed by atoms with Gasteiger partial charge in [0.15, 0.2) is 0 Å². The first-order valence-electron chi connectivity index (χ1n) is 8.92. The Hall–Kier alpha value is -0.820.